The Morgan fingerprint density at radius 3 is 2.25 bits per heavy atom. The minimum absolute atomic E-state index is 0.286. The second-order valence-electron chi connectivity index (χ2n) is 4.97. The van der Waals surface area contributed by atoms with Crippen LogP contribution < -0.4 is 4.74 Å². The monoisotopic (exact) mass is 306 g/mol. The number of benzene rings is 2. The van der Waals surface area contributed by atoms with Gasteiger partial charge in [-0.25, -0.2) is 0 Å². The molecule has 0 aliphatic carbocycles. The van der Waals surface area contributed by atoms with Crippen LogP contribution in [0.2, 0.25) is 5.02 Å². The van der Waals surface area contributed by atoms with Gasteiger partial charge in [0.2, 0.25) is 0 Å². The summed E-state index contributed by atoms with van der Waals surface area (Å²) in [5.74, 6) is 1.97. The summed E-state index contributed by atoms with van der Waals surface area (Å²) in [5, 5.41) is 0.751. The van der Waals surface area contributed by atoms with E-state index >= 15 is 0 Å². The lowest BCUT2D eigenvalue weighted by atomic mass is 10.0. The highest BCUT2D eigenvalue weighted by molar-refractivity contribution is 7.80. The fourth-order valence-electron chi connectivity index (χ4n) is 2.29. The largest absolute Gasteiger partial charge is 0.492 e. The molecule has 0 amide bonds. The first-order valence-electron chi connectivity index (χ1n) is 6.67. The molecule has 0 saturated heterocycles. The lowest BCUT2D eigenvalue weighted by Crippen LogP contribution is -2.13. The van der Waals surface area contributed by atoms with Crippen LogP contribution in [0.15, 0.2) is 42.5 Å². The minimum atomic E-state index is 0.286. The number of thiol groups is 1. The van der Waals surface area contributed by atoms with Crippen LogP contribution in [0.3, 0.4) is 0 Å². The standard InChI is InChI=1S/C17H19ClOS/c1-12-8-16(18)9-13(2)17(12)19-10-15(11-20)14-6-4-3-5-7-14/h3-9,15,20H,10-11H2,1-2H3. The molecule has 2 aromatic carbocycles. The second-order valence-corrected chi connectivity index (χ2v) is 5.77. The summed E-state index contributed by atoms with van der Waals surface area (Å²) >= 11 is 10.5. The van der Waals surface area contributed by atoms with Gasteiger partial charge in [0, 0.05) is 16.7 Å². The summed E-state index contributed by atoms with van der Waals surface area (Å²) < 4.78 is 6.02. The van der Waals surface area contributed by atoms with Gasteiger partial charge in [-0.3, -0.25) is 0 Å². The van der Waals surface area contributed by atoms with Gasteiger partial charge >= 0.3 is 0 Å². The Balaban J connectivity index is 2.12. The predicted octanol–water partition coefficient (Wildman–Crippen LogP) is 5.05. The van der Waals surface area contributed by atoms with Gasteiger partial charge in [0.15, 0.2) is 0 Å². The molecule has 2 aromatic rings. The SMILES string of the molecule is Cc1cc(Cl)cc(C)c1OCC(CS)c1ccccc1. The molecular weight excluding hydrogens is 288 g/mol. The zero-order valence-corrected chi connectivity index (χ0v) is 13.4. The maximum Gasteiger partial charge on any atom is 0.125 e. The van der Waals surface area contributed by atoms with Crippen LogP contribution in [0.5, 0.6) is 5.75 Å². The molecule has 1 atom stereocenters. The van der Waals surface area contributed by atoms with E-state index in [1.807, 2.05) is 44.2 Å². The van der Waals surface area contributed by atoms with Gasteiger partial charge in [0.25, 0.3) is 0 Å². The Morgan fingerprint density at radius 2 is 1.70 bits per heavy atom. The molecule has 0 aliphatic rings. The Hall–Kier alpha value is -1.12. The van der Waals surface area contributed by atoms with Gasteiger partial charge in [-0.05, 0) is 42.7 Å². The maximum atomic E-state index is 6.04. The third-order valence-electron chi connectivity index (χ3n) is 3.35. The number of hydrogen-bond donors (Lipinski definition) is 1. The van der Waals surface area contributed by atoms with E-state index in [1.165, 1.54) is 5.56 Å². The van der Waals surface area contributed by atoms with Gasteiger partial charge in [-0.2, -0.15) is 12.6 Å². The van der Waals surface area contributed by atoms with Crippen molar-refractivity contribution in [3.8, 4) is 5.75 Å². The van der Waals surface area contributed by atoms with E-state index in [2.05, 4.69) is 24.8 Å². The van der Waals surface area contributed by atoms with E-state index in [1.54, 1.807) is 0 Å². The first-order valence-corrected chi connectivity index (χ1v) is 7.68. The maximum absolute atomic E-state index is 6.04. The number of halogens is 1. The van der Waals surface area contributed by atoms with Crippen molar-refractivity contribution in [3.63, 3.8) is 0 Å². The van der Waals surface area contributed by atoms with Gasteiger partial charge in [0.05, 0.1) is 6.61 Å². The van der Waals surface area contributed by atoms with E-state index in [0.717, 1.165) is 27.7 Å². The molecule has 0 spiro atoms. The summed E-state index contributed by atoms with van der Waals surface area (Å²) in [6.45, 7) is 4.66. The van der Waals surface area contributed by atoms with Gasteiger partial charge < -0.3 is 4.74 Å². The Morgan fingerprint density at radius 1 is 1.10 bits per heavy atom. The number of hydrogen-bond acceptors (Lipinski definition) is 2. The number of aryl methyl sites for hydroxylation is 2. The van der Waals surface area contributed by atoms with Crippen molar-refractivity contribution < 1.29 is 4.74 Å². The summed E-state index contributed by atoms with van der Waals surface area (Å²) in [6, 6.07) is 14.2. The van der Waals surface area contributed by atoms with Crippen molar-refractivity contribution in [2.24, 2.45) is 0 Å². The minimum Gasteiger partial charge on any atom is -0.492 e. The van der Waals surface area contributed by atoms with Gasteiger partial charge in [-0.15, -0.1) is 0 Å². The molecular formula is C17H19ClOS. The summed E-state index contributed by atoms with van der Waals surface area (Å²) in [7, 11) is 0. The molecule has 0 aromatic heterocycles. The van der Waals surface area contributed by atoms with Crippen LogP contribution in [0.1, 0.15) is 22.6 Å². The molecule has 0 aliphatic heterocycles. The van der Waals surface area contributed by atoms with E-state index < -0.39 is 0 Å². The fourth-order valence-corrected chi connectivity index (χ4v) is 2.93. The van der Waals surface area contributed by atoms with Crippen LogP contribution in [0.4, 0.5) is 0 Å². The van der Waals surface area contributed by atoms with Crippen molar-refractivity contribution in [2.45, 2.75) is 19.8 Å². The topological polar surface area (TPSA) is 9.23 Å². The van der Waals surface area contributed by atoms with Crippen molar-refractivity contribution >= 4 is 24.2 Å². The Kier molecular flexibility index (Phi) is 5.38. The van der Waals surface area contributed by atoms with Crippen LogP contribution in [0.25, 0.3) is 0 Å². The third-order valence-corrected chi connectivity index (χ3v) is 4.00. The number of rotatable bonds is 5. The average molecular weight is 307 g/mol. The molecule has 0 N–H and O–H groups in total. The lowest BCUT2D eigenvalue weighted by Gasteiger charge is -2.18. The second kappa shape index (κ2) is 7.05. The molecule has 0 saturated carbocycles. The van der Waals surface area contributed by atoms with Crippen LogP contribution in [-0.4, -0.2) is 12.4 Å². The first kappa shape index (κ1) is 15.3. The normalized spacial score (nSPS) is 12.2. The van der Waals surface area contributed by atoms with Crippen molar-refractivity contribution in [1.29, 1.82) is 0 Å². The van der Waals surface area contributed by atoms with Crippen molar-refractivity contribution in [1.82, 2.24) is 0 Å². The number of ether oxygens (including phenoxy) is 1. The quantitative estimate of drug-likeness (QED) is 0.761. The van der Waals surface area contributed by atoms with Crippen molar-refractivity contribution in [3.05, 3.63) is 64.2 Å². The first-order chi connectivity index (χ1) is 9.61. The molecule has 20 heavy (non-hydrogen) atoms. The molecule has 2 rings (SSSR count). The van der Waals surface area contributed by atoms with E-state index in [9.17, 15) is 0 Å². The molecule has 3 heteroatoms. The van der Waals surface area contributed by atoms with E-state index in [-0.39, 0.29) is 5.92 Å². The molecule has 0 bridgehead atoms. The Labute approximate surface area is 131 Å². The highest BCUT2D eigenvalue weighted by Crippen LogP contribution is 2.28. The lowest BCUT2D eigenvalue weighted by molar-refractivity contribution is 0.294. The Bertz CT molecular complexity index is 545. The molecule has 0 radical (unpaired) electrons. The molecule has 0 fully saturated rings. The van der Waals surface area contributed by atoms with Crippen LogP contribution in [-0.2, 0) is 0 Å². The molecule has 1 unspecified atom stereocenters. The molecule has 106 valence electrons. The van der Waals surface area contributed by atoms with Gasteiger partial charge in [-0.1, -0.05) is 41.9 Å². The smallest absolute Gasteiger partial charge is 0.125 e. The zero-order chi connectivity index (χ0) is 14.5. The summed E-state index contributed by atoms with van der Waals surface area (Å²) in [6.07, 6.45) is 0. The van der Waals surface area contributed by atoms with E-state index in [4.69, 9.17) is 16.3 Å². The van der Waals surface area contributed by atoms with Gasteiger partial charge in [0.1, 0.15) is 5.75 Å². The molecule has 0 heterocycles. The fraction of sp³-hybridized carbons (Fsp3) is 0.294. The van der Waals surface area contributed by atoms with E-state index in [0.29, 0.717) is 6.61 Å². The predicted molar refractivity (Wildman–Crippen MR) is 89.5 cm³/mol. The summed E-state index contributed by atoms with van der Waals surface area (Å²) in [5.41, 5.74) is 3.40. The molecule has 1 nitrogen and oxygen atoms in total. The van der Waals surface area contributed by atoms with Crippen LogP contribution in [0, 0.1) is 13.8 Å². The van der Waals surface area contributed by atoms with Crippen molar-refractivity contribution in [2.75, 3.05) is 12.4 Å². The summed E-state index contributed by atoms with van der Waals surface area (Å²) in [4.78, 5) is 0. The highest BCUT2D eigenvalue weighted by Gasteiger charge is 2.12. The highest BCUT2D eigenvalue weighted by atomic mass is 35.5. The van der Waals surface area contributed by atoms with Crippen LogP contribution >= 0.6 is 24.2 Å². The average Bonchev–Trinajstić information content (AvgIpc) is 2.43. The third kappa shape index (κ3) is 3.71. The zero-order valence-electron chi connectivity index (χ0n) is 11.8.